The lowest BCUT2D eigenvalue weighted by atomic mass is 10.1. The number of benzene rings is 1. The van der Waals surface area contributed by atoms with Gasteiger partial charge in [-0.3, -0.25) is 9.79 Å². The second-order valence-corrected chi connectivity index (χ2v) is 3.73. The number of nitrogens with one attached hydrogen (secondary N) is 3. The summed E-state index contributed by atoms with van der Waals surface area (Å²) in [6.07, 6.45) is 0. The minimum atomic E-state index is -0.0388. The fourth-order valence-electron chi connectivity index (χ4n) is 1.50. The molecule has 0 saturated carbocycles. The Balaban J connectivity index is 2.58. The molecule has 0 atom stereocenters. The predicted molar refractivity (Wildman–Crippen MR) is 73.7 cm³/mol. The molecule has 0 spiro atoms. The molecule has 1 aromatic carbocycles. The molecule has 0 bridgehead atoms. The van der Waals surface area contributed by atoms with Gasteiger partial charge < -0.3 is 16.0 Å². The summed E-state index contributed by atoms with van der Waals surface area (Å²) in [4.78, 5) is 15.6. The molecule has 5 nitrogen and oxygen atoms in total. The summed E-state index contributed by atoms with van der Waals surface area (Å²) in [5, 5.41) is 8.86. The zero-order chi connectivity index (χ0) is 13.4. The van der Waals surface area contributed by atoms with E-state index in [9.17, 15) is 4.79 Å². The number of aliphatic imine (C=N–C) groups is 1. The Morgan fingerprint density at radius 2 is 1.89 bits per heavy atom. The number of rotatable bonds is 4. The van der Waals surface area contributed by atoms with Crippen molar-refractivity contribution in [3.8, 4) is 0 Å². The zero-order valence-electron chi connectivity index (χ0n) is 11.1. The van der Waals surface area contributed by atoms with E-state index in [1.165, 1.54) is 0 Å². The summed E-state index contributed by atoms with van der Waals surface area (Å²) in [6.45, 7) is 3.21. The van der Waals surface area contributed by atoms with Crippen LogP contribution < -0.4 is 16.0 Å². The van der Waals surface area contributed by atoms with Crippen LogP contribution >= 0.6 is 0 Å². The van der Waals surface area contributed by atoms with Gasteiger partial charge in [0, 0.05) is 32.7 Å². The van der Waals surface area contributed by atoms with Crippen LogP contribution in [0, 0.1) is 0 Å². The van der Waals surface area contributed by atoms with Gasteiger partial charge in [-0.25, -0.2) is 0 Å². The lowest BCUT2D eigenvalue weighted by Gasteiger charge is -2.09. The highest BCUT2D eigenvalue weighted by atomic mass is 16.1. The van der Waals surface area contributed by atoms with E-state index in [2.05, 4.69) is 20.9 Å². The van der Waals surface area contributed by atoms with Gasteiger partial charge in [0.15, 0.2) is 5.96 Å². The van der Waals surface area contributed by atoms with E-state index < -0.39 is 0 Å². The molecule has 1 aromatic rings. The van der Waals surface area contributed by atoms with Crippen LogP contribution in [-0.2, 0) is 6.54 Å². The van der Waals surface area contributed by atoms with Gasteiger partial charge in [0.2, 0.25) is 0 Å². The molecular weight excluding hydrogens is 228 g/mol. The van der Waals surface area contributed by atoms with Crippen LogP contribution in [0.5, 0.6) is 0 Å². The highest BCUT2D eigenvalue weighted by Crippen LogP contribution is 2.04. The molecule has 18 heavy (non-hydrogen) atoms. The molecule has 1 rings (SSSR count). The van der Waals surface area contributed by atoms with E-state index in [0.717, 1.165) is 11.5 Å². The number of guanidine groups is 1. The van der Waals surface area contributed by atoms with Gasteiger partial charge in [-0.05, 0) is 24.6 Å². The lowest BCUT2D eigenvalue weighted by molar-refractivity contribution is 0.0956. The van der Waals surface area contributed by atoms with Crippen molar-refractivity contribution in [3.63, 3.8) is 0 Å². The monoisotopic (exact) mass is 248 g/mol. The van der Waals surface area contributed by atoms with Gasteiger partial charge >= 0.3 is 0 Å². The van der Waals surface area contributed by atoms with Crippen LogP contribution in [0.25, 0.3) is 0 Å². The van der Waals surface area contributed by atoms with Crippen LogP contribution in [0.2, 0.25) is 0 Å². The number of amides is 1. The quantitative estimate of drug-likeness (QED) is 0.543. The third-order valence-electron chi connectivity index (χ3n) is 2.47. The maximum atomic E-state index is 11.6. The maximum absolute atomic E-state index is 11.6. The number of hydrogen-bond donors (Lipinski definition) is 3. The van der Waals surface area contributed by atoms with E-state index in [1.807, 2.05) is 38.2 Å². The van der Waals surface area contributed by atoms with Crippen molar-refractivity contribution < 1.29 is 4.79 Å². The standard InChI is InChI=1S/C13H20N4O/c1-4-16-12(18)11-7-5-10(6-8-11)9-17-13(14-2)15-3/h5-8H,4,9H2,1-3H3,(H,16,18)(H2,14,15,17). The minimum absolute atomic E-state index is 0.0388. The zero-order valence-corrected chi connectivity index (χ0v) is 11.1. The maximum Gasteiger partial charge on any atom is 0.251 e. The van der Waals surface area contributed by atoms with Gasteiger partial charge in [-0.15, -0.1) is 0 Å². The molecule has 0 aromatic heterocycles. The summed E-state index contributed by atoms with van der Waals surface area (Å²) in [7, 11) is 3.53. The largest absolute Gasteiger partial charge is 0.359 e. The SMILES string of the molecule is CCNC(=O)c1ccc(CNC(=NC)NC)cc1. The number of carbonyl (C=O) groups excluding carboxylic acids is 1. The first-order valence-electron chi connectivity index (χ1n) is 5.96. The van der Waals surface area contributed by atoms with Crippen LogP contribution in [0.3, 0.4) is 0 Å². The first kappa shape index (κ1) is 14.0. The Kier molecular flexibility index (Phi) is 5.70. The van der Waals surface area contributed by atoms with E-state index in [1.54, 1.807) is 7.05 Å². The molecule has 0 unspecified atom stereocenters. The molecule has 0 heterocycles. The second-order valence-electron chi connectivity index (χ2n) is 3.73. The highest BCUT2D eigenvalue weighted by Gasteiger charge is 2.03. The Morgan fingerprint density at radius 3 is 2.39 bits per heavy atom. The number of carbonyl (C=O) groups is 1. The highest BCUT2D eigenvalue weighted by molar-refractivity contribution is 5.94. The molecule has 1 amide bonds. The number of hydrogen-bond acceptors (Lipinski definition) is 2. The van der Waals surface area contributed by atoms with Crippen LogP contribution in [0.15, 0.2) is 29.3 Å². The fourth-order valence-corrected chi connectivity index (χ4v) is 1.50. The Morgan fingerprint density at radius 1 is 1.22 bits per heavy atom. The fraction of sp³-hybridized carbons (Fsp3) is 0.385. The average molecular weight is 248 g/mol. The summed E-state index contributed by atoms with van der Waals surface area (Å²) >= 11 is 0. The van der Waals surface area contributed by atoms with E-state index >= 15 is 0 Å². The molecular formula is C13H20N4O. The van der Waals surface area contributed by atoms with Crippen LogP contribution in [0.4, 0.5) is 0 Å². The normalized spacial score (nSPS) is 10.9. The van der Waals surface area contributed by atoms with Crippen molar-refractivity contribution in [3.05, 3.63) is 35.4 Å². The van der Waals surface area contributed by atoms with Gasteiger partial charge in [0.1, 0.15) is 0 Å². The third kappa shape index (κ3) is 4.08. The average Bonchev–Trinajstić information content (AvgIpc) is 2.41. The van der Waals surface area contributed by atoms with Crippen molar-refractivity contribution in [2.75, 3.05) is 20.6 Å². The molecule has 3 N–H and O–H groups in total. The van der Waals surface area contributed by atoms with Gasteiger partial charge in [-0.2, -0.15) is 0 Å². The second kappa shape index (κ2) is 7.32. The van der Waals surface area contributed by atoms with Crippen molar-refractivity contribution in [2.45, 2.75) is 13.5 Å². The summed E-state index contributed by atoms with van der Waals surface area (Å²) in [5.74, 6) is 0.700. The van der Waals surface area contributed by atoms with Crippen molar-refractivity contribution >= 4 is 11.9 Å². The van der Waals surface area contributed by atoms with Crippen molar-refractivity contribution in [1.29, 1.82) is 0 Å². The third-order valence-corrected chi connectivity index (χ3v) is 2.47. The van der Waals surface area contributed by atoms with Crippen molar-refractivity contribution in [2.24, 2.45) is 4.99 Å². The van der Waals surface area contributed by atoms with Gasteiger partial charge in [-0.1, -0.05) is 12.1 Å². The molecule has 0 fully saturated rings. The van der Waals surface area contributed by atoms with E-state index in [0.29, 0.717) is 18.7 Å². The Bertz CT molecular complexity index is 412. The van der Waals surface area contributed by atoms with Crippen LogP contribution in [-0.4, -0.2) is 32.5 Å². The first-order chi connectivity index (χ1) is 8.71. The molecule has 0 aliphatic heterocycles. The predicted octanol–water partition coefficient (Wildman–Crippen LogP) is 0.731. The molecule has 0 saturated heterocycles. The topological polar surface area (TPSA) is 65.5 Å². The molecule has 0 aliphatic rings. The van der Waals surface area contributed by atoms with Gasteiger partial charge in [0.25, 0.3) is 5.91 Å². The number of nitrogens with zero attached hydrogens (tertiary/aromatic N) is 1. The molecule has 5 heteroatoms. The lowest BCUT2D eigenvalue weighted by Crippen LogP contribution is -2.34. The van der Waals surface area contributed by atoms with Crippen LogP contribution in [0.1, 0.15) is 22.8 Å². The van der Waals surface area contributed by atoms with E-state index in [4.69, 9.17) is 0 Å². The summed E-state index contributed by atoms with van der Waals surface area (Å²) in [5.41, 5.74) is 1.78. The molecule has 98 valence electrons. The molecule has 0 radical (unpaired) electrons. The smallest absolute Gasteiger partial charge is 0.251 e. The van der Waals surface area contributed by atoms with Gasteiger partial charge in [0.05, 0.1) is 0 Å². The molecule has 0 aliphatic carbocycles. The first-order valence-corrected chi connectivity index (χ1v) is 5.96. The Labute approximate surface area is 108 Å². The minimum Gasteiger partial charge on any atom is -0.359 e. The summed E-state index contributed by atoms with van der Waals surface area (Å²) < 4.78 is 0. The summed E-state index contributed by atoms with van der Waals surface area (Å²) in [6, 6.07) is 7.51. The Hall–Kier alpha value is -2.04. The van der Waals surface area contributed by atoms with Crippen molar-refractivity contribution in [1.82, 2.24) is 16.0 Å². The van der Waals surface area contributed by atoms with E-state index in [-0.39, 0.29) is 5.91 Å².